The third kappa shape index (κ3) is 1.79. The van der Waals surface area contributed by atoms with Crippen molar-refractivity contribution in [3.05, 3.63) is 30.5 Å². The summed E-state index contributed by atoms with van der Waals surface area (Å²) in [6, 6.07) is 6.87. The van der Waals surface area contributed by atoms with Gasteiger partial charge in [-0.2, -0.15) is 8.42 Å². The summed E-state index contributed by atoms with van der Waals surface area (Å²) in [5.41, 5.74) is 0.674. The van der Waals surface area contributed by atoms with Crippen molar-refractivity contribution in [2.75, 3.05) is 0 Å². The van der Waals surface area contributed by atoms with Crippen LogP contribution in [0.15, 0.2) is 35.4 Å². The summed E-state index contributed by atoms with van der Waals surface area (Å²) in [6.45, 7) is 1.05. The number of benzene rings is 1. The number of H-pyrrole nitrogens is 1. The van der Waals surface area contributed by atoms with E-state index in [0.29, 0.717) is 10.9 Å². The fraction of sp³-hybridized carbons (Fsp3) is 0.100. The van der Waals surface area contributed by atoms with Crippen LogP contribution in [0.3, 0.4) is 0 Å². The Morgan fingerprint density at radius 3 is 2.69 bits per heavy atom. The van der Waals surface area contributed by atoms with Crippen LogP contribution in [0.5, 0.6) is 0 Å². The Morgan fingerprint density at radius 2 is 2.00 bits per heavy atom. The lowest BCUT2D eigenvalue weighted by Crippen LogP contribution is -2.09. The van der Waals surface area contributed by atoms with Crippen LogP contribution in [0.2, 0.25) is 0 Å². The molecule has 0 aliphatic carbocycles. The van der Waals surface area contributed by atoms with E-state index in [4.69, 9.17) is 0 Å². The lowest BCUT2D eigenvalue weighted by molar-refractivity contribution is -0.131. The number of rotatable bonds is 2. The first-order chi connectivity index (χ1) is 7.50. The van der Waals surface area contributed by atoms with Gasteiger partial charge in [-0.05, 0) is 6.07 Å². The van der Waals surface area contributed by atoms with E-state index in [2.05, 4.69) is 9.17 Å². The largest absolute Gasteiger partial charge is 0.360 e. The van der Waals surface area contributed by atoms with E-state index in [1.165, 1.54) is 6.20 Å². The van der Waals surface area contributed by atoms with E-state index in [1.807, 2.05) is 0 Å². The monoisotopic (exact) mass is 239 g/mol. The molecular formula is C10H9NO4S. The molecule has 16 heavy (non-hydrogen) atoms. The quantitative estimate of drug-likeness (QED) is 0.804. The summed E-state index contributed by atoms with van der Waals surface area (Å²) in [6.07, 6.45) is 1.31. The van der Waals surface area contributed by atoms with Gasteiger partial charge >= 0.3 is 16.1 Å². The van der Waals surface area contributed by atoms with Crippen molar-refractivity contribution in [1.29, 1.82) is 0 Å². The van der Waals surface area contributed by atoms with Crippen LogP contribution in [-0.2, 0) is 19.1 Å². The summed E-state index contributed by atoms with van der Waals surface area (Å²) < 4.78 is 27.6. The van der Waals surface area contributed by atoms with Crippen LogP contribution < -0.4 is 0 Å². The molecule has 0 unspecified atom stereocenters. The standard InChI is InChI=1S/C10H9NO4S/c1-7(12)15-16(13,14)10-6-11-9-5-3-2-4-8(9)10/h2-6,11H,1H3. The number of hydrogen-bond acceptors (Lipinski definition) is 4. The van der Waals surface area contributed by atoms with E-state index in [1.54, 1.807) is 24.3 Å². The second kappa shape index (κ2) is 3.64. The predicted molar refractivity (Wildman–Crippen MR) is 57.3 cm³/mol. The molecule has 1 heterocycles. The highest BCUT2D eigenvalue weighted by Gasteiger charge is 2.21. The van der Waals surface area contributed by atoms with Crippen molar-refractivity contribution in [3.8, 4) is 0 Å². The van der Waals surface area contributed by atoms with Crippen LogP contribution in [0, 0.1) is 0 Å². The Hall–Kier alpha value is -1.82. The van der Waals surface area contributed by atoms with Crippen molar-refractivity contribution in [2.45, 2.75) is 11.8 Å². The summed E-state index contributed by atoms with van der Waals surface area (Å²) in [4.78, 5) is 13.4. The Balaban J connectivity index is 2.60. The highest BCUT2D eigenvalue weighted by atomic mass is 32.2. The summed E-state index contributed by atoms with van der Waals surface area (Å²) in [5, 5.41) is 0.503. The van der Waals surface area contributed by atoms with Gasteiger partial charge in [0.15, 0.2) is 0 Å². The molecule has 0 bridgehead atoms. The number of aromatic amines is 1. The third-order valence-corrected chi connectivity index (χ3v) is 3.38. The number of para-hydroxylation sites is 1. The molecule has 0 aliphatic heterocycles. The van der Waals surface area contributed by atoms with Gasteiger partial charge in [-0.3, -0.25) is 4.79 Å². The molecule has 5 nitrogen and oxygen atoms in total. The number of nitrogens with one attached hydrogen (secondary N) is 1. The van der Waals surface area contributed by atoms with Gasteiger partial charge in [0.1, 0.15) is 4.90 Å². The normalized spacial score (nSPS) is 11.6. The first-order valence-electron chi connectivity index (χ1n) is 4.52. The number of fused-ring (bicyclic) bond motifs is 1. The minimum atomic E-state index is -4.02. The average molecular weight is 239 g/mol. The van der Waals surface area contributed by atoms with Gasteiger partial charge in [-0.25, -0.2) is 0 Å². The van der Waals surface area contributed by atoms with Gasteiger partial charge < -0.3 is 9.17 Å². The van der Waals surface area contributed by atoms with Gasteiger partial charge in [0.25, 0.3) is 0 Å². The van der Waals surface area contributed by atoms with E-state index >= 15 is 0 Å². The van der Waals surface area contributed by atoms with Crippen molar-refractivity contribution in [2.24, 2.45) is 0 Å². The van der Waals surface area contributed by atoms with Crippen LogP contribution in [0.1, 0.15) is 6.92 Å². The van der Waals surface area contributed by atoms with E-state index in [-0.39, 0.29) is 4.90 Å². The van der Waals surface area contributed by atoms with Gasteiger partial charge in [0, 0.05) is 24.0 Å². The SMILES string of the molecule is CC(=O)OS(=O)(=O)c1c[nH]c2ccccc12. The first-order valence-corrected chi connectivity index (χ1v) is 5.93. The van der Waals surface area contributed by atoms with Crippen LogP contribution in [-0.4, -0.2) is 19.4 Å². The summed E-state index contributed by atoms with van der Waals surface area (Å²) >= 11 is 0. The molecule has 0 aliphatic rings. The maximum absolute atomic E-state index is 11.7. The molecule has 0 saturated carbocycles. The molecule has 84 valence electrons. The Morgan fingerprint density at radius 1 is 1.31 bits per heavy atom. The maximum Gasteiger partial charge on any atom is 0.343 e. The number of aromatic nitrogens is 1. The van der Waals surface area contributed by atoms with Gasteiger partial charge in [0.2, 0.25) is 0 Å². The number of carbonyl (C=O) groups is 1. The molecule has 2 rings (SSSR count). The molecular weight excluding hydrogens is 230 g/mol. The second-order valence-corrected chi connectivity index (χ2v) is 4.74. The highest BCUT2D eigenvalue weighted by Crippen LogP contribution is 2.23. The van der Waals surface area contributed by atoms with Crippen LogP contribution in [0.25, 0.3) is 10.9 Å². The lowest BCUT2D eigenvalue weighted by atomic mass is 10.2. The number of carbonyl (C=O) groups excluding carboxylic acids is 1. The molecule has 0 amide bonds. The molecule has 0 radical (unpaired) electrons. The minimum Gasteiger partial charge on any atom is -0.360 e. The van der Waals surface area contributed by atoms with Crippen molar-refractivity contribution in [3.63, 3.8) is 0 Å². The highest BCUT2D eigenvalue weighted by molar-refractivity contribution is 7.87. The Kier molecular flexibility index (Phi) is 2.43. The van der Waals surface area contributed by atoms with Crippen LogP contribution in [0.4, 0.5) is 0 Å². The van der Waals surface area contributed by atoms with Crippen LogP contribution >= 0.6 is 0 Å². The fourth-order valence-electron chi connectivity index (χ4n) is 1.45. The van der Waals surface area contributed by atoms with Gasteiger partial charge in [-0.15, -0.1) is 0 Å². The second-order valence-electron chi connectivity index (χ2n) is 3.23. The molecule has 2 aromatic rings. The fourth-order valence-corrected chi connectivity index (χ4v) is 2.50. The minimum absolute atomic E-state index is 0.0294. The zero-order valence-electron chi connectivity index (χ0n) is 8.43. The van der Waals surface area contributed by atoms with Gasteiger partial charge in [0.05, 0.1) is 0 Å². The molecule has 1 aromatic heterocycles. The third-order valence-electron chi connectivity index (χ3n) is 2.05. The van der Waals surface area contributed by atoms with Crippen molar-refractivity contribution in [1.82, 2.24) is 4.98 Å². The summed E-state index contributed by atoms with van der Waals surface area (Å²) in [7, 11) is -4.02. The topological polar surface area (TPSA) is 76.2 Å². The Bertz CT molecular complexity index is 642. The predicted octanol–water partition coefficient (Wildman–Crippen LogP) is 1.42. The molecule has 1 N–H and O–H groups in total. The van der Waals surface area contributed by atoms with Crippen molar-refractivity contribution >= 4 is 27.0 Å². The van der Waals surface area contributed by atoms with E-state index in [0.717, 1.165) is 6.92 Å². The molecule has 6 heteroatoms. The molecule has 0 atom stereocenters. The Labute approximate surface area is 92.2 Å². The molecule has 0 fully saturated rings. The summed E-state index contributed by atoms with van der Waals surface area (Å²) in [5.74, 6) is -0.856. The van der Waals surface area contributed by atoms with Gasteiger partial charge in [-0.1, -0.05) is 18.2 Å². The average Bonchev–Trinajstić information content (AvgIpc) is 2.59. The van der Waals surface area contributed by atoms with E-state index in [9.17, 15) is 13.2 Å². The zero-order valence-corrected chi connectivity index (χ0v) is 9.24. The molecule has 0 saturated heterocycles. The zero-order chi connectivity index (χ0) is 11.8. The van der Waals surface area contributed by atoms with E-state index < -0.39 is 16.1 Å². The smallest absolute Gasteiger partial charge is 0.343 e. The lowest BCUT2D eigenvalue weighted by Gasteiger charge is -2.01. The maximum atomic E-state index is 11.7. The molecule has 1 aromatic carbocycles. The van der Waals surface area contributed by atoms with Crippen molar-refractivity contribution < 1.29 is 17.4 Å². The number of hydrogen-bond donors (Lipinski definition) is 1. The first kappa shape index (κ1) is 10.7. The molecule has 0 spiro atoms.